The van der Waals surface area contributed by atoms with Crippen LogP contribution in [0.2, 0.25) is 0 Å². The quantitative estimate of drug-likeness (QED) is 0.464. The van der Waals surface area contributed by atoms with E-state index >= 15 is 0 Å². The molecule has 0 atom stereocenters. The minimum Gasteiger partial charge on any atom is -0.462 e. The fourth-order valence-corrected chi connectivity index (χ4v) is 1.28. The molecule has 0 bridgehead atoms. The maximum atomic E-state index is 11.3. The van der Waals surface area contributed by atoms with Crippen LogP contribution in [-0.2, 0) is 16.1 Å². The topological polar surface area (TPSA) is 100 Å². The van der Waals surface area contributed by atoms with E-state index in [0.717, 1.165) is 4.68 Å². The van der Waals surface area contributed by atoms with Crippen LogP contribution in [-0.4, -0.2) is 31.8 Å². The Labute approximate surface area is 98.9 Å². The van der Waals surface area contributed by atoms with E-state index in [1.165, 1.54) is 0 Å². The highest BCUT2D eigenvalue weighted by Crippen LogP contribution is 2.11. The lowest BCUT2D eigenvalue weighted by atomic mass is 10.5. The van der Waals surface area contributed by atoms with Crippen LogP contribution < -0.4 is 0 Å². The van der Waals surface area contributed by atoms with Gasteiger partial charge in [-0.05, 0) is 23.8 Å². The molecule has 0 unspecified atom stereocenters. The summed E-state index contributed by atoms with van der Waals surface area (Å²) >= 11 is 2.96. The third kappa shape index (κ3) is 3.26. The fourth-order valence-electron chi connectivity index (χ4n) is 0.912. The van der Waals surface area contributed by atoms with Crippen molar-refractivity contribution in [1.82, 2.24) is 14.8 Å². The van der Waals surface area contributed by atoms with Crippen molar-refractivity contribution in [2.75, 3.05) is 0 Å². The van der Waals surface area contributed by atoms with Gasteiger partial charge in [-0.1, -0.05) is 0 Å². The monoisotopic (exact) mass is 292 g/mol. The van der Waals surface area contributed by atoms with Crippen LogP contribution >= 0.6 is 15.9 Å². The molecule has 88 valence electrons. The minimum atomic E-state index is -0.741. The Kier molecular flexibility index (Phi) is 3.93. The van der Waals surface area contributed by atoms with Gasteiger partial charge in [-0.2, -0.15) is 0 Å². The maximum absolute atomic E-state index is 11.3. The highest BCUT2D eigenvalue weighted by molar-refractivity contribution is 9.10. The summed E-state index contributed by atoms with van der Waals surface area (Å²) in [6.45, 7) is 3.19. The van der Waals surface area contributed by atoms with Gasteiger partial charge in [-0.25, -0.2) is 4.79 Å². The molecule has 1 aromatic heterocycles. The summed E-state index contributed by atoms with van der Waals surface area (Å²) in [5, 5.41) is 13.9. The lowest BCUT2D eigenvalue weighted by molar-refractivity contribution is -0.394. The molecular weight excluding hydrogens is 284 g/mol. The van der Waals surface area contributed by atoms with Crippen molar-refractivity contribution in [3.8, 4) is 0 Å². The Morgan fingerprint density at radius 2 is 2.31 bits per heavy atom. The number of carbonyl (C=O) groups is 1. The van der Waals surface area contributed by atoms with Crippen molar-refractivity contribution >= 4 is 27.8 Å². The van der Waals surface area contributed by atoms with Crippen molar-refractivity contribution < 1.29 is 14.5 Å². The van der Waals surface area contributed by atoms with Crippen molar-refractivity contribution in [3.63, 3.8) is 0 Å². The van der Waals surface area contributed by atoms with E-state index in [0.29, 0.717) is 0 Å². The van der Waals surface area contributed by atoms with E-state index < -0.39 is 16.8 Å². The van der Waals surface area contributed by atoms with Crippen LogP contribution in [0.15, 0.2) is 4.73 Å². The lowest BCUT2D eigenvalue weighted by Gasteiger charge is -2.06. The zero-order valence-electron chi connectivity index (χ0n) is 8.58. The average Bonchev–Trinajstić information content (AvgIpc) is 2.46. The van der Waals surface area contributed by atoms with Crippen LogP contribution in [0.25, 0.3) is 0 Å². The first-order valence-electron chi connectivity index (χ1n) is 4.34. The first-order chi connectivity index (χ1) is 7.40. The van der Waals surface area contributed by atoms with E-state index in [1.54, 1.807) is 13.8 Å². The number of hydrogen-bond donors (Lipinski definition) is 0. The molecule has 0 aromatic carbocycles. The molecule has 0 fully saturated rings. The Hall–Kier alpha value is -1.51. The fraction of sp³-hybridized carbons (Fsp3) is 0.571. The molecule has 1 rings (SSSR count). The number of hydrogen-bond acceptors (Lipinski definition) is 6. The molecule has 0 N–H and O–H groups in total. The van der Waals surface area contributed by atoms with Gasteiger partial charge in [0.1, 0.15) is 0 Å². The Bertz CT molecular complexity index is 417. The molecule has 0 saturated carbocycles. The van der Waals surface area contributed by atoms with Crippen molar-refractivity contribution in [1.29, 1.82) is 0 Å². The summed E-state index contributed by atoms with van der Waals surface area (Å²) in [4.78, 5) is 24.4. The Balaban J connectivity index is 2.74. The van der Waals surface area contributed by atoms with E-state index in [-0.39, 0.29) is 17.4 Å². The molecule has 0 spiro atoms. The molecular formula is C7H9BrN4O4. The van der Waals surface area contributed by atoms with E-state index in [1.807, 2.05) is 0 Å². The first kappa shape index (κ1) is 12.6. The van der Waals surface area contributed by atoms with Crippen LogP contribution in [0.4, 0.5) is 5.95 Å². The first-order valence-corrected chi connectivity index (χ1v) is 5.13. The largest absolute Gasteiger partial charge is 0.492 e. The normalized spacial score (nSPS) is 10.5. The van der Waals surface area contributed by atoms with Gasteiger partial charge in [0.15, 0.2) is 6.54 Å². The van der Waals surface area contributed by atoms with Crippen molar-refractivity contribution in [3.05, 3.63) is 14.8 Å². The number of carbonyl (C=O) groups excluding carboxylic acids is 1. The van der Waals surface area contributed by atoms with Crippen molar-refractivity contribution in [2.24, 2.45) is 0 Å². The second-order valence-electron chi connectivity index (χ2n) is 3.13. The zero-order valence-corrected chi connectivity index (χ0v) is 10.2. The molecule has 0 aliphatic rings. The van der Waals surface area contributed by atoms with Gasteiger partial charge >= 0.3 is 11.9 Å². The molecule has 1 heterocycles. The number of esters is 1. The molecule has 0 aliphatic carbocycles. The zero-order chi connectivity index (χ0) is 12.3. The highest BCUT2D eigenvalue weighted by atomic mass is 79.9. The average molecular weight is 293 g/mol. The molecule has 16 heavy (non-hydrogen) atoms. The molecule has 0 radical (unpaired) electrons. The highest BCUT2D eigenvalue weighted by Gasteiger charge is 2.21. The van der Waals surface area contributed by atoms with Gasteiger partial charge < -0.3 is 14.9 Å². The second-order valence-corrected chi connectivity index (χ2v) is 3.84. The molecule has 1 aromatic rings. The van der Waals surface area contributed by atoms with Gasteiger partial charge in [0.25, 0.3) is 4.73 Å². The molecule has 9 heteroatoms. The van der Waals surface area contributed by atoms with Gasteiger partial charge in [0.2, 0.25) is 0 Å². The predicted molar refractivity (Wildman–Crippen MR) is 55.6 cm³/mol. The van der Waals surface area contributed by atoms with Crippen LogP contribution in [0.3, 0.4) is 0 Å². The van der Waals surface area contributed by atoms with Crippen LogP contribution in [0.1, 0.15) is 13.8 Å². The number of ether oxygens (including phenoxy) is 1. The molecule has 0 saturated heterocycles. The molecule has 0 aliphatic heterocycles. The number of rotatable bonds is 4. The number of nitro groups is 1. The van der Waals surface area contributed by atoms with Gasteiger partial charge in [-0.15, -0.1) is 4.68 Å². The summed E-state index contributed by atoms with van der Waals surface area (Å²) in [6.07, 6.45) is -0.246. The second kappa shape index (κ2) is 5.01. The van der Waals surface area contributed by atoms with Gasteiger partial charge in [0, 0.05) is 21.0 Å². The van der Waals surface area contributed by atoms with Crippen molar-refractivity contribution in [2.45, 2.75) is 26.5 Å². The maximum Gasteiger partial charge on any atom is 0.492 e. The van der Waals surface area contributed by atoms with E-state index in [2.05, 4.69) is 26.0 Å². The summed E-state index contributed by atoms with van der Waals surface area (Å²) < 4.78 is 6.03. The van der Waals surface area contributed by atoms with E-state index in [9.17, 15) is 14.9 Å². The minimum absolute atomic E-state index is 0.111. The van der Waals surface area contributed by atoms with E-state index in [4.69, 9.17) is 4.74 Å². The lowest BCUT2D eigenvalue weighted by Crippen LogP contribution is -2.18. The summed E-state index contributed by atoms with van der Waals surface area (Å²) in [6, 6.07) is 0. The third-order valence-corrected chi connectivity index (χ3v) is 2.01. The molecule has 8 nitrogen and oxygen atoms in total. The molecule has 0 amide bonds. The summed E-state index contributed by atoms with van der Waals surface area (Å²) in [5.41, 5.74) is 0. The number of aromatic nitrogens is 3. The SMILES string of the molecule is CC(C)OC(=O)Cn1nc([N+](=O)[O-])nc1Br. The summed E-state index contributed by atoms with van der Waals surface area (Å²) in [5.74, 6) is -1.10. The standard InChI is InChI=1S/C7H9BrN4O4/c1-4(2)16-5(13)3-11-6(8)9-7(10-11)12(14)15/h4H,3H2,1-2H3. The number of nitrogens with zero attached hydrogens (tertiary/aromatic N) is 4. The predicted octanol–water partition coefficient (Wildman–Crippen LogP) is 0.900. The number of halogens is 1. The summed E-state index contributed by atoms with van der Waals surface area (Å²) in [7, 11) is 0. The van der Waals surface area contributed by atoms with Crippen LogP contribution in [0, 0.1) is 10.1 Å². The van der Waals surface area contributed by atoms with Gasteiger partial charge in [0.05, 0.1) is 6.10 Å². The van der Waals surface area contributed by atoms with Gasteiger partial charge in [-0.3, -0.25) is 0 Å². The smallest absolute Gasteiger partial charge is 0.462 e. The van der Waals surface area contributed by atoms with Crippen LogP contribution in [0.5, 0.6) is 0 Å². The Morgan fingerprint density at radius 3 is 2.75 bits per heavy atom. The Morgan fingerprint density at radius 1 is 1.69 bits per heavy atom. The third-order valence-electron chi connectivity index (χ3n) is 1.42.